The molecule has 2 atom stereocenters. The van der Waals surface area contributed by atoms with Gasteiger partial charge >= 0.3 is 0 Å². The predicted octanol–water partition coefficient (Wildman–Crippen LogP) is 2.69. The summed E-state index contributed by atoms with van der Waals surface area (Å²) >= 11 is 0. The summed E-state index contributed by atoms with van der Waals surface area (Å²) in [7, 11) is 0. The van der Waals surface area contributed by atoms with Gasteiger partial charge < -0.3 is 10.5 Å². The molecule has 0 amide bonds. The lowest BCUT2D eigenvalue weighted by Gasteiger charge is -2.17. The fourth-order valence-corrected chi connectivity index (χ4v) is 2.40. The van der Waals surface area contributed by atoms with Gasteiger partial charge in [0.2, 0.25) is 0 Å². The Balaban J connectivity index is 1.85. The highest BCUT2D eigenvalue weighted by molar-refractivity contribution is 5.19. The van der Waals surface area contributed by atoms with Gasteiger partial charge in [-0.05, 0) is 43.7 Å². The van der Waals surface area contributed by atoms with E-state index in [1.807, 2.05) is 0 Å². The summed E-state index contributed by atoms with van der Waals surface area (Å²) in [5.74, 6) is 0.491. The molecule has 2 heteroatoms. The largest absolute Gasteiger partial charge is 0.378 e. The first kappa shape index (κ1) is 11.6. The lowest BCUT2D eigenvalue weighted by molar-refractivity contribution is 0.101. The van der Waals surface area contributed by atoms with Crippen LogP contribution in [0.2, 0.25) is 0 Å². The summed E-state index contributed by atoms with van der Waals surface area (Å²) in [6, 6.07) is 10.6. The number of benzene rings is 1. The average molecular weight is 219 g/mol. The van der Waals surface area contributed by atoms with Crippen LogP contribution in [0.1, 0.15) is 37.2 Å². The summed E-state index contributed by atoms with van der Waals surface area (Å²) in [4.78, 5) is 0. The van der Waals surface area contributed by atoms with E-state index in [2.05, 4.69) is 30.3 Å². The van der Waals surface area contributed by atoms with Crippen molar-refractivity contribution < 1.29 is 4.74 Å². The van der Waals surface area contributed by atoms with Crippen molar-refractivity contribution >= 4 is 0 Å². The summed E-state index contributed by atoms with van der Waals surface area (Å²) in [6.45, 7) is 1.68. The lowest BCUT2D eigenvalue weighted by atomic mass is 9.93. The monoisotopic (exact) mass is 219 g/mol. The summed E-state index contributed by atoms with van der Waals surface area (Å²) in [6.07, 6.45) is 5.23. The third kappa shape index (κ3) is 3.06. The zero-order valence-corrected chi connectivity index (χ0v) is 9.77. The highest BCUT2D eigenvalue weighted by Crippen LogP contribution is 2.24. The van der Waals surface area contributed by atoms with Gasteiger partial charge in [-0.15, -0.1) is 0 Å². The van der Waals surface area contributed by atoms with Crippen molar-refractivity contribution in [2.24, 2.45) is 5.73 Å². The summed E-state index contributed by atoms with van der Waals surface area (Å²) in [5, 5.41) is 0. The molecular formula is C14H21NO. The minimum Gasteiger partial charge on any atom is -0.378 e. The van der Waals surface area contributed by atoms with E-state index in [9.17, 15) is 0 Å². The van der Waals surface area contributed by atoms with Gasteiger partial charge in [0.25, 0.3) is 0 Å². The third-order valence-electron chi connectivity index (χ3n) is 3.42. The molecule has 16 heavy (non-hydrogen) atoms. The van der Waals surface area contributed by atoms with Gasteiger partial charge in [0.1, 0.15) is 0 Å². The Morgan fingerprint density at radius 3 is 2.75 bits per heavy atom. The minimum absolute atomic E-state index is 0.484. The molecule has 0 radical (unpaired) electrons. The first-order chi connectivity index (χ1) is 7.90. The first-order valence-electron chi connectivity index (χ1n) is 6.26. The Kier molecular flexibility index (Phi) is 4.37. The van der Waals surface area contributed by atoms with Crippen molar-refractivity contribution in [2.45, 2.75) is 37.7 Å². The Morgan fingerprint density at radius 2 is 2.12 bits per heavy atom. The van der Waals surface area contributed by atoms with Crippen LogP contribution in [0.15, 0.2) is 30.3 Å². The van der Waals surface area contributed by atoms with Crippen molar-refractivity contribution in [3.8, 4) is 0 Å². The van der Waals surface area contributed by atoms with Crippen LogP contribution in [0.3, 0.4) is 0 Å². The van der Waals surface area contributed by atoms with Crippen LogP contribution in [0.4, 0.5) is 0 Å². The molecule has 1 heterocycles. The van der Waals surface area contributed by atoms with Gasteiger partial charge in [0.05, 0.1) is 6.10 Å². The molecule has 1 aromatic carbocycles. The predicted molar refractivity (Wildman–Crippen MR) is 66.4 cm³/mol. The molecule has 1 fully saturated rings. The third-order valence-corrected chi connectivity index (χ3v) is 3.42. The van der Waals surface area contributed by atoms with Crippen molar-refractivity contribution in [3.63, 3.8) is 0 Å². The number of hydrogen-bond donors (Lipinski definition) is 1. The van der Waals surface area contributed by atoms with Crippen LogP contribution < -0.4 is 5.73 Å². The highest BCUT2D eigenvalue weighted by atomic mass is 16.5. The molecule has 2 nitrogen and oxygen atoms in total. The van der Waals surface area contributed by atoms with Crippen molar-refractivity contribution in [1.82, 2.24) is 0 Å². The van der Waals surface area contributed by atoms with Crippen LogP contribution in [0, 0.1) is 0 Å². The topological polar surface area (TPSA) is 35.2 Å². The van der Waals surface area contributed by atoms with Crippen LogP contribution in [0.25, 0.3) is 0 Å². The SMILES string of the molecule is NCC(CCC1CCCO1)c1ccccc1. The molecule has 2 unspecified atom stereocenters. The van der Waals surface area contributed by atoms with Gasteiger partial charge in [0, 0.05) is 6.61 Å². The highest BCUT2D eigenvalue weighted by Gasteiger charge is 2.17. The molecule has 2 N–H and O–H groups in total. The molecule has 1 aliphatic rings. The molecule has 2 rings (SSSR count). The van der Waals surface area contributed by atoms with E-state index in [4.69, 9.17) is 10.5 Å². The minimum atomic E-state index is 0.484. The van der Waals surface area contributed by atoms with Crippen molar-refractivity contribution in [1.29, 1.82) is 0 Å². The zero-order chi connectivity index (χ0) is 11.2. The van der Waals surface area contributed by atoms with Gasteiger partial charge in [-0.3, -0.25) is 0 Å². The molecule has 1 saturated heterocycles. The maximum atomic E-state index is 5.85. The van der Waals surface area contributed by atoms with Crippen LogP contribution in [-0.2, 0) is 4.74 Å². The van der Waals surface area contributed by atoms with Crippen LogP contribution >= 0.6 is 0 Å². The second-order valence-electron chi connectivity index (χ2n) is 4.56. The van der Waals surface area contributed by atoms with Crippen molar-refractivity contribution in [2.75, 3.05) is 13.2 Å². The Hall–Kier alpha value is -0.860. The Morgan fingerprint density at radius 1 is 1.31 bits per heavy atom. The maximum absolute atomic E-state index is 5.85. The molecule has 0 aliphatic carbocycles. The number of ether oxygens (including phenoxy) is 1. The molecule has 88 valence electrons. The van der Waals surface area contributed by atoms with Crippen molar-refractivity contribution in [3.05, 3.63) is 35.9 Å². The van der Waals surface area contributed by atoms with Gasteiger partial charge in [-0.25, -0.2) is 0 Å². The van der Waals surface area contributed by atoms with E-state index in [0.29, 0.717) is 12.0 Å². The van der Waals surface area contributed by atoms with E-state index in [1.165, 1.54) is 18.4 Å². The summed E-state index contributed by atoms with van der Waals surface area (Å²) < 4.78 is 5.64. The van der Waals surface area contributed by atoms with E-state index >= 15 is 0 Å². The normalized spacial score (nSPS) is 22.2. The fraction of sp³-hybridized carbons (Fsp3) is 0.571. The fourth-order valence-electron chi connectivity index (χ4n) is 2.40. The second-order valence-corrected chi connectivity index (χ2v) is 4.56. The van der Waals surface area contributed by atoms with Gasteiger partial charge in [0.15, 0.2) is 0 Å². The quantitative estimate of drug-likeness (QED) is 0.826. The Bertz CT molecular complexity index is 293. The number of rotatable bonds is 5. The van der Waals surface area contributed by atoms with E-state index in [-0.39, 0.29) is 0 Å². The number of nitrogens with two attached hydrogens (primary N) is 1. The smallest absolute Gasteiger partial charge is 0.0576 e. The van der Waals surface area contributed by atoms with E-state index < -0.39 is 0 Å². The Labute approximate surface area is 97.8 Å². The van der Waals surface area contributed by atoms with E-state index in [1.54, 1.807) is 0 Å². The summed E-state index contributed by atoms with van der Waals surface area (Å²) in [5.41, 5.74) is 7.21. The average Bonchev–Trinajstić information content (AvgIpc) is 2.84. The van der Waals surface area contributed by atoms with Crippen LogP contribution in [-0.4, -0.2) is 19.3 Å². The van der Waals surface area contributed by atoms with Crippen LogP contribution in [0.5, 0.6) is 0 Å². The second kappa shape index (κ2) is 6.02. The lowest BCUT2D eigenvalue weighted by Crippen LogP contribution is -2.15. The molecule has 0 saturated carbocycles. The molecule has 0 spiro atoms. The molecule has 1 aromatic rings. The zero-order valence-electron chi connectivity index (χ0n) is 9.77. The standard InChI is InChI=1S/C14H21NO/c15-11-13(12-5-2-1-3-6-12)8-9-14-7-4-10-16-14/h1-3,5-6,13-14H,4,7-11,15H2. The molecule has 0 aromatic heterocycles. The van der Waals surface area contributed by atoms with Gasteiger partial charge in [-0.1, -0.05) is 30.3 Å². The van der Waals surface area contributed by atoms with Gasteiger partial charge in [-0.2, -0.15) is 0 Å². The first-order valence-corrected chi connectivity index (χ1v) is 6.26. The molecule has 1 aliphatic heterocycles. The molecular weight excluding hydrogens is 198 g/mol. The molecule has 0 bridgehead atoms. The maximum Gasteiger partial charge on any atom is 0.0576 e. The van der Waals surface area contributed by atoms with E-state index in [0.717, 1.165) is 26.0 Å². The number of hydrogen-bond acceptors (Lipinski definition) is 2.